The summed E-state index contributed by atoms with van der Waals surface area (Å²) < 4.78 is 18.8. The molecule has 0 saturated carbocycles. The van der Waals surface area contributed by atoms with E-state index in [1.54, 1.807) is 17.5 Å². The van der Waals surface area contributed by atoms with Gasteiger partial charge in [-0.1, -0.05) is 0 Å². The van der Waals surface area contributed by atoms with Gasteiger partial charge in [0.05, 0.1) is 24.1 Å². The van der Waals surface area contributed by atoms with E-state index in [9.17, 15) is 14.5 Å². The molecule has 0 spiro atoms. The highest BCUT2D eigenvalue weighted by Gasteiger charge is 2.28. The SMILES string of the molecule is COc1cc(N2CCN(C(C)c3nccs3)CC2)c([N+](=O)[O-])cc1F. The van der Waals surface area contributed by atoms with Crippen molar-refractivity contribution in [3.63, 3.8) is 0 Å². The van der Waals surface area contributed by atoms with Crippen molar-refractivity contribution in [2.45, 2.75) is 13.0 Å². The fourth-order valence-corrected chi connectivity index (χ4v) is 3.76. The lowest BCUT2D eigenvalue weighted by molar-refractivity contribution is -0.384. The van der Waals surface area contributed by atoms with Gasteiger partial charge in [0, 0.05) is 43.8 Å². The monoisotopic (exact) mass is 366 g/mol. The Morgan fingerprint density at radius 1 is 1.36 bits per heavy atom. The van der Waals surface area contributed by atoms with E-state index in [0.717, 1.165) is 24.2 Å². The van der Waals surface area contributed by atoms with E-state index in [0.29, 0.717) is 18.8 Å². The largest absolute Gasteiger partial charge is 0.494 e. The van der Waals surface area contributed by atoms with Crippen molar-refractivity contribution in [1.29, 1.82) is 0 Å². The number of piperazine rings is 1. The maximum atomic E-state index is 13.8. The second-order valence-electron chi connectivity index (χ2n) is 5.80. The lowest BCUT2D eigenvalue weighted by Crippen LogP contribution is -2.47. The Morgan fingerprint density at radius 3 is 2.64 bits per heavy atom. The van der Waals surface area contributed by atoms with Crippen molar-refractivity contribution in [3.05, 3.63) is 44.6 Å². The van der Waals surface area contributed by atoms with Gasteiger partial charge in [-0.15, -0.1) is 11.3 Å². The molecule has 0 aliphatic carbocycles. The average Bonchev–Trinajstić information content (AvgIpc) is 3.15. The average molecular weight is 366 g/mol. The molecule has 3 rings (SSSR count). The zero-order valence-corrected chi connectivity index (χ0v) is 14.8. The number of hydrogen-bond donors (Lipinski definition) is 0. The molecular weight excluding hydrogens is 347 g/mol. The zero-order valence-electron chi connectivity index (χ0n) is 14.0. The van der Waals surface area contributed by atoms with Gasteiger partial charge < -0.3 is 9.64 Å². The van der Waals surface area contributed by atoms with E-state index < -0.39 is 10.7 Å². The number of nitro benzene ring substituents is 1. The topological polar surface area (TPSA) is 71.7 Å². The fourth-order valence-electron chi connectivity index (χ4n) is 3.04. The third-order valence-electron chi connectivity index (χ3n) is 4.46. The van der Waals surface area contributed by atoms with Crippen molar-refractivity contribution in [2.24, 2.45) is 0 Å². The number of benzene rings is 1. The molecule has 1 saturated heterocycles. The Morgan fingerprint density at radius 2 is 2.08 bits per heavy atom. The van der Waals surface area contributed by atoms with Crippen LogP contribution in [0.3, 0.4) is 0 Å². The summed E-state index contributed by atoms with van der Waals surface area (Å²) in [5.41, 5.74) is 0.157. The van der Waals surface area contributed by atoms with Crippen molar-refractivity contribution < 1.29 is 14.1 Å². The van der Waals surface area contributed by atoms with Crippen LogP contribution < -0.4 is 9.64 Å². The summed E-state index contributed by atoms with van der Waals surface area (Å²) in [6.45, 7) is 4.84. The number of methoxy groups -OCH3 is 1. The van der Waals surface area contributed by atoms with Gasteiger partial charge in [0.25, 0.3) is 5.69 Å². The number of hydrogen-bond acceptors (Lipinski definition) is 7. The molecule has 25 heavy (non-hydrogen) atoms. The van der Waals surface area contributed by atoms with Crippen LogP contribution in [0.5, 0.6) is 5.75 Å². The van der Waals surface area contributed by atoms with Crippen LogP contribution in [-0.2, 0) is 0 Å². The number of anilines is 1. The summed E-state index contributed by atoms with van der Waals surface area (Å²) in [5, 5.41) is 14.3. The van der Waals surface area contributed by atoms with E-state index in [2.05, 4.69) is 16.8 Å². The summed E-state index contributed by atoms with van der Waals surface area (Å²) in [7, 11) is 1.35. The molecule has 1 atom stereocenters. The van der Waals surface area contributed by atoms with Crippen LogP contribution in [0.1, 0.15) is 18.0 Å². The van der Waals surface area contributed by atoms with Crippen LogP contribution in [0.2, 0.25) is 0 Å². The predicted octanol–water partition coefficient (Wildman–Crippen LogP) is 3.08. The predicted molar refractivity (Wildman–Crippen MR) is 93.9 cm³/mol. The van der Waals surface area contributed by atoms with E-state index in [1.165, 1.54) is 13.2 Å². The van der Waals surface area contributed by atoms with Gasteiger partial charge in [0.15, 0.2) is 11.6 Å². The Balaban J connectivity index is 1.77. The molecule has 1 aliphatic rings. The second kappa shape index (κ2) is 7.32. The van der Waals surface area contributed by atoms with Gasteiger partial charge in [-0.05, 0) is 6.92 Å². The van der Waals surface area contributed by atoms with Crippen LogP contribution in [-0.4, -0.2) is 48.1 Å². The molecule has 1 aliphatic heterocycles. The third kappa shape index (κ3) is 3.57. The summed E-state index contributed by atoms with van der Waals surface area (Å²) >= 11 is 1.62. The molecule has 1 unspecified atom stereocenters. The molecule has 1 aromatic carbocycles. The standard InChI is InChI=1S/C16H19FN4O3S/c1-11(16-18-3-8-25-16)19-4-6-20(7-5-19)13-10-15(24-2)12(17)9-14(13)21(22)23/h3,8-11H,4-7H2,1-2H3. The first-order valence-corrected chi connectivity index (χ1v) is 8.79. The molecule has 2 heterocycles. The first kappa shape index (κ1) is 17.6. The smallest absolute Gasteiger partial charge is 0.295 e. The highest BCUT2D eigenvalue weighted by molar-refractivity contribution is 7.09. The summed E-state index contributed by atoms with van der Waals surface area (Å²) in [4.78, 5) is 19.3. The van der Waals surface area contributed by atoms with Crippen molar-refractivity contribution >= 4 is 22.7 Å². The van der Waals surface area contributed by atoms with E-state index >= 15 is 0 Å². The van der Waals surface area contributed by atoms with Crippen molar-refractivity contribution in [2.75, 3.05) is 38.2 Å². The number of nitrogens with zero attached hydrogens (tertiary/aromatic N) is 4. The van der Waals surface area contributed by atoms with Gasteiger partial charge >= 0.3 is 0 Å². The van der Waals surface area contributed by atoms with Crippen LogP contribution in [0.15, 0.2) is 23.7 Å². The molecule has 0 N–H and O–H groups in total. The van der Waals surface area contributed by atoms with Crippen LogP contribution in [0.25, 0.3) is 0 Å². The second-order valence-corrected chi connectivity index (χ2v) is 6.73. The molecular formula is C16H19FN4O3S. The lowest BCUT2D eigenvalue weighted by Gasteiger charge is -2.38. The molecule has 2 aromatic rings. The first-order chi connectivity index (χ1) is 12.0. The fraction of sp³-hybridized carbons (Fsp3) is 0.438. The quantitative estimate of drug-likeness (QED) is 0.598. The molecule has 1 fully saturated rings. The highest BCUT2D eigenvalue weighted by Crippen LogP contribution is 2.35. The van der Waals surface area contributed by atoms with Crippen molar-refractivity contribution in [3.8, 4) is 5.75 Å². The molecule has 0 radical (unpaired) electrons. The molecule has 0 bridgehead atoms. The number of rotatable bonds is 5. The highest BCUT2D eigenvalue weighted by atomic mass is 32.1. The zero-order chi connectivity index (χ0) is 18.0. The van der Waals surface area contributed by atoms with Crippen LogP contribution in [0, 0.1) is 15.9 Å². The minimum absolute atomic E-state index is 0.0131. The van der Waals surface area contributed by atoms with E-state index in [1.807, 2.05) is 10.3 Å². The maximum Gasteiger partial charge on any atom is 0.295 e. The minimum atomic E-state index is -0.728. The van der Waals surface area contributed by atoms with Crippen LogP contribution >= 0.6 is 11.3 Å². The summed E-state index contributed by atoms with van der Waals surface area (Å²) in [6, 6.07) is 2.55. The molecule has 134 valence electrons. The van der Waals surface area contributed by atoms with Gasteiger partial charge in [-0.3, -0.25) is 15.0 Å². The summed E-state index contributed by atoms with van der Waals surface area (Å²) in [6.07, 6.45) is 1.79. The van der Waals surface area contributed by atoms with Crippen molar-refractivity contribution in [1.82, 2.24) is 9.88 Å². The molecule has 7 nitrogen and oxygen atoms in total. The number of halogens is 1. The number of ether oxygens (including phenoxy) is 1. The lowest BCUT2D eigenvalue weighted by atomic mass is 10.1. The Hall–Kier alpha value is -2.26. The number of nitro groups is 1. The number of thiazole rings is 1. The Labute approximate surface area is 148 Å². The van der Waals surface area contributed by atoms with Gasteiger partial charge in [-0.25, -0.2) is 9.37 Å². The van der Waals surface area contributed by atoms with E-state index in [4.69, 9.17) is 4.74 Å². The minimum Gasteiger partial charge on any atom is -0.494 e. The van der Waals surface area contributed by atoms with Gasteiger partial charge in [0.1, 0.15) is 10.7 Å². The normalized spacial score (nSPS) is 16.7. The number of aromatic nitrogens is 1. The maximum absolute atomic E-state index is 13.8. The van der Waals surface area contributed by atoms with Crippen LogP contribution in [0.4, 0.5) is 15.8 Å². The summed E-state index contributed by atoms with van der Waals surface area (Å²) in [5.74, 6) is -0.715. The van der Waals surface area contributed by atoms with Gasteiger partial charge in [-0.2, -0.15) is 0 Å². The Bertz CT molecular complexity index is 748. The third-order valence-corrected chi connectivity index (χ3v) is 5.40. The first-order valence-electron chi connectivity index (χ1n) is 7.91. The van der Waals surface area contributed by atoms with Gasteiger partial charge in [0.2, 0.25) is 0 Å². The van der Waals surface area contributed by atoms with E-state index in [-0.39, 0.29) is 17.5 Å². The molecule has 0 amide bonds. The Kier molecular flexibility index (Phi) is 5.14. The molecule has 1 aromatic heterocycles. The molecule has 9 heteroatoms.